The summed E-state index contributed by atoms with van der Waals surface area (Å²) in [6.07, 6.45) is 2.36. The Morgan fingerprint density at radius 2 is 2.15 bits per heavy atom. The van der Waals surface area contributed by atoms with Gasteiger partial charge < -0.3 is 4.74 Å². The number of hydrogen-bond acceptors (Lipinski definition) is 4. The van der Waals surface area contributed by atoms with Gasteiger partial charge in [-0.25, -0.2) is 9.37 Å². The molecule has 0 aliphatic carbocycles. The first-order valence-electron chi connectivity index (χ1n) is 6.50. The number of para-hydroxylation sites is 1. The largest absolute Gasteiger partial charge is 0.490 e. The van der Waals surface area contributed by atoms with E-state index < -0.39 is 0 Å². The molecule has 0 N–H and O–H groups in total. The topological polar surface area (TPSA) is 45.9 Å². The summed E-state index contributed by atoms with van der Waals surface area (Å²) < 4.78 is 18.7. The van der Waals surface area contributed by atoms with E-state index in [-0.39, 0.29) is 11.6 Å². The van der Waals surface area contributed by atoms with E-state index in [0.717, 1.165) is 23.5 Å². The summed E-state index contributed by atoms with van der Waals surface area (Å²) in [5, 5.41) is 9.90. The van der Waals surface area contributed by atoms with Gasteiger partial charge in [0.15, 0.2) is 11.6 Å². The van der Waals surface area contributed by atoms with Gasteiger partial charge in [0.25, 0.3) is 0 Å². The van der Waals surface area contributed by atoms with Crippen molar-refractivity contribution < 1.29 is 9.13 Å². The number of nitrogens with zero attached hydrogens (tertiary/aromatic N) is 2. The lowest BCUT2D eigenvalue weighted by molar-refractivity contribution is 0.305. The number of halogens is 1. The van der Waals surface area contributed by atoms with Gasteiger partial charge in [0.1, 0.15) is 10.9 Å². The van der Waals surface area contributed by atoms with Crippen molar-refractivity contribution in [3.8, 4) is 11.8 Å². The highest BCUT2D eigenvalue weighted by molar-refractivity contribution is 7.12. The zero-order valence-corrected chi connectivity index (χ0v) is 12.0. The standard InChI is InChI=1S/C15H15FN2OS/c1-2-5-12-14(10-17)20-15(18-12)8-9-19-13-7-4-3-6-11(13)16/h3-4,6-7H,2,5,8-9H2,1H3. The van der Waals surface area contributed by atoms with E-state index in [1.165, 1.54) is 17.4 Å². The average Bonchev–Trinajstić information content (AvgIpc) is 2.84. The van der Waals surface area contributed by atoms with Gasteiger partial charge >= 0.3 is 0 Å². The molecule has 1 heterocycles. The first kappa shape index (κ1) is 14.5. The van der Waals surface area contributed by atoms with Gasteiger partial charge in [-0.2, -0.15) is 5.26 Å². The molecule has 0 radical (unpaired) electrons. The van der Waals surface area contributed by atoms with Crippen LogP contribution in [0.3, 0.4) is 0 Å². The SMILES string of the molecule is CCCc1nc(CCOc2ccccc2F)sc1C#N. The molecule has 0 bridgehead atoms. The van der Waals surface area contributed by atoms with Crippen LogP contribution in [0.2, 0.25) is 0 Å². The maximum atomic E-state index is 13.4. The van der Waals surface area contributed by atoms with Gasteiger partial charge in [0.05, 0.1) is 17.3 Å². The van der Waals surface area contributed by atoms with Gasteiger partial charge in [0.2, 0.25) is 0 Å². The molecule has 1 aromatic carbocycles. The number of aryl methyl sites for hydroxylation is 1. The minimum absolute atomic E-state index is 0.248. The fourth-order valence-corrected chi connectivity index (χ4v) is 2.70. The first-order valence-corrected chi connectivity index (χ1v) is 7.32. The average molecular weight is 290 g/mol. The third-order valence-electron chi connectivity index (χ3n) is 2.74. The molecule has 0 atom stereocenters. The van der Waals surface area contributed by atoms with Crippen LogP contribution in [0, 0.1) is 17.1 Å². The smallest absolute Gasteiger partial charge is 0.165 e. The van der Waals surface area contributed by atoms with E-state index in [9.17, 15) is 4.39 Å². The van der Waals surface area contributed by atoms with Gasteiger partial charge in [0, 0.05) is 6.42 Å². The summed E-state index contributed by atoms with van der Waals surface area (Å²) in [7, 11) is 0. The van der Waals surface area contributed by atoms with E-state index in [0.29, 0.717) is 17.9 Å². The van der Waals surface area contributed by atoms with Crippen molar-refractivity contribution in [1.82, 2.24) is 4.98 Å². The van der Waals surface area contributed by atoms with E-state index in [1.807, 2.05) is 0 Å². The number of nitriles is 1. The van der Waals surface area contributed by atoms with E-state index in [1.54, 1.807) is 18.2 Å². The summed E-state index contributed by atoms with van der Waals surface area (Å²) in [6.45, 7) is 2.41. The van der Waals surface area contributed by atoms with Crippen molar-refractivity contribution in [2.75, 3.05) is 6.61 Å². The molecule has 0 spiro atoms. The quantitative estimate of drug-likeness (QED) is 0.814. The Labute approximate surface area is 121 Å². The lowest BCUT2D eigenvalue weighted by Gasteiger charge is -2.05. The number of ether oxygens (including phenoxy) is 1. The molecule has 2 rings (SSSR count). The van der Waals surface area contributed by atoms with Crippen LogP contribution in [-0.2, 0) is 12.8 Å². The van der Waals surface area contributed by atoms with Crippen LogP contribution in [0.5, 0.6) is 5.75 Å². The van der Waals surface area contributed by atoms with Crippen molar-refractivity contribution in [2.24, 2.45) is 0 Å². The number of aromatic nitrogens is 1. The predicted molar refractivity (Wildman–Crippen MR) is 76.4 cm³/mol. The number of benzene rings is 1. The van der Waals surface area contributed by atoms with Crippen LogP contribution in [0.4, 0.5) is 4.39 Å². The number of rotatable bonds is 6. The molecule has 0 saturated heterocycles. The third kappa shape index (κ3) is 3.55. The highest BCUT2D eigenvalue weighted by atomic mass is 32.1. The van der Waals surface area contributed by atoms with Crippen molar-refractivity contribution in [1.29, 1.82) is 5.26 Å². The second kappa shape index (κ2) is 7.01. The van der Waals surface area contributed by atoms with Crippen LogP contribution in [0.25, 0.3) is 0 Å². The highest BCUT2D eigenvalue weighted by Crippen LogP contribution is 2.20. The summed E-state index contributed by atoms with van der Waals surface area (Å²) >= 11 is 1.39. The van der Waals surface area contributed by atoms with Crippen molar-refractivity contribution in [3.05, 3.63) is 45.7 Å². The molecule has 0 fully saturated rings. The third-order valence-corrected chi connectivity index (χ3v) is 3.80. The Hall–Kier alpha value is -1.93. The molecule has 3 nitrogen and oxygen atoms in total. The van der Waals surface area contributed by atoms with E-state index in [2.05, 4.69) is 18.0 Å². The van der Waals surface area contributed by atoms with Gasteiger partial charge in [-0.1, -0.05) is 25.5 Å². The monoisotopic (exact) mass is 290 g/mol. The molecule has 1 aromatic heterocycles. The van der Waals surface area contributed by atoms with Crippen molar-refractivity contribution in [3.63, 3.8) is 0 Å². The molecule has 0 aliphatic heterocycles. The fraction of sp³-hybridized carbons (Fsp3) is 0.333. The molecule has 0 saturated carbocycles. The Kier molecular flexibility index (Phi) is 5.08. The Morgan fingerprint density at radius 3 is 2.85 bits per heavy atom. The fourth-order valence-electron chi connectivity index (χ4n) is 1.81. The zero-order valence-electron chi connectivity index (χ0n) is 11.2. The highest BCUT2D eigenvalue weighted by Gasteiger charge is 2.10. The van der Waals surface area contributed by atoms with E-state index in [4.69, 9.17) is 10.00 Å². The second-order valence-electron chi connectivity index (χ2n) is 4.27. The lowest BCUT2D eigenvalue weighted by atomic mass is 10.2. The normalized spacial score (nSPS) is 10.2. The van der Waals surface area contributed by atoms with Crippen molar-refractivity contribution >= 4 is 11.3 Å². The van der Waals surface area contributed by atoms with Gasteiger partial charge in [-0.3, -0.25) is 0 Å². The van der Waals surface area contributed by atoms with Crippen LogP contribution in [-0.4, -0.2) is 11.6 Å². The minimum Gasteiger partial charge on any atom is -0.490 e. The van der Waals surface area contributed by atoms with Crippen LogP contribution in [0.1, 0.15) is 28.9 Å². The molecule has 2 aromatic rings. The van der Waals surface area contributed by atoms with Crippen LogP contribution in [0.15, 0.2) is 24.3 Å². The van der Waals surface area contributed by atoms with Gasteiger partial charge in [-0.15, -0.1) is 11.3 Å². The summed E-state index contributed by atoms with van der Waals surface area (Å²) in [6, 6.07) is 8.49. The zero-order chi connectivity index (χ0) is 14.4. The Bertz CT molecular complexity index is 619. The maximum absolute atomic E-state index is 13.4. The first-order chi connectivity index (χ1) is 9.74. The molecular formula is C15H15FN2OS. The minimum atomic E-state index is -0.365. The summed E-state index contributed by atoms with van der Waals surface area (Å²) in [5.74, 6) is -0.116. The molecule has 0 unspecified atom stereocenters. The lowest BCUT2D eigenvalue weighted by Crippen LogP contribution is -2.02. The predicted octanol–water partition coefficient (Wildman–Crippen LogP) is 3.73. The molecule has 5 heteroatoms. The summed E-state index contributed by atoms with van der Waals surface area (Å²) in [5.41, 5.74) is 0.862. The second-order valence-corrected chi connectivity index (χ2v) is 5.36. The summed E-state index contributed by atoms with van der Waals surface area (Å²) in [4.78, 5) is 5.12. The molecule has 104 valence electrons. The molecule has 0 amide bonds. The van der Waals surface area contributed by atoms with Crippen LogP contribution >= 0.6 is 11.3 Å². The number of hydrogen-bond donors (Lipinski definition) is 0. The Morgan fingerprint density at radius 1 is 1.35 bits per heavy atom. The molecule has 20 heavy (non-hydrogen) atoms. The maximum Gasteiger partial charge on any atom is 0.165 e. The molecular weight excluding hydrogens is 275 g/mol. The van der Waals surface area contributed by atoms with E-state index >= 15 is 0 Å². The molecule has 0 aliphatic rings. The Balaban J connectivity index is 1.95. The van der Waals surface area contributed by atoms with Gasteiger partial charge in [-0.05, 0) is 18.6 Å². The van der Waals surface area contributed by atoms with Crippen molar-refractivity contribution in [2.45, 2.75) is 26.2 Å². The number of thiazole rings is 1. The van der Waals surface area contributed by atoms with Crippen LogP contribution < -0.4 is 4.74 Å².